The maximum atomic E-state index is 6.63. The average molecular weight is 269 g/mol. The maximum Gasteiger partial charge on any atom is 0.0616 e. The Morgan fingerprint density at radius 1 is 1.05 bits per heavy atom. The second-order valence-electron chi connectivity index (χ2n) is 6.03. The van der Waals surface area contributed by atoms with Crippen molar-refractivity contribution in [2.24, 2.45) is 11.8 Å². The second-order valence-corrected chi connectivity index (χ2v) is 6.50. The van der Waals surface area contributed by atoms with Crippen molar-refractivity contribution in [1.29, 1.82) is 0 Å². The van der Waals surface area contributed by atoms with Gasteiger partial charge in [-0.2, -0.15) is 0 Å². The summed E-state index contributed by atoms with van der Waals surface area (Å²) in [6.07, 6.45) is 2.35. The molecule has 4 rings (SSSR count). The van der Waals surface area contributed by atoms with Crippen LogP contribution in [0.1, 0.15) is 35.4 Å². The fourth-order valence-corrected chi connectivity index (χ4v) is 3.81. The summed E-state index contributed by atoms with van der Waals surface area (Å²) in [6, 6.07) is 15.5. The highest BCUT2D eigenvalue weighted by Crippen LogP contribution is 2.51. The fourth-order valence-electron chi connectivity index (χ4n) is 3.32. The molecule has 3 atom stereocenters. The van der Waals surface area contributed by atoms with Crippen LogP contribution >= 0.6 is 11.6 Å². The standard InChI is InChI=1S/C18H17Cl/c1-11-8-16(11)18(19)14-7-6-13-9-12-4-2-3-5-15(12)17(13)10-14/h2-7,10-11,16,18H,8-9H2,1H3. The largest absolute Gasteiger partial charge is 0.118 e. The summed E-state index contributed by atoms with van der Waals surface area (Å²) in [5, 5.41) is 0.188. The molecule has 2 aliphatic rings. The Hall–Kier alpha value is -1.27. The van der Waals surface area contributed by atoms with Crippen LogP contribution in [-0.4, -0.2) is 0 Å². The van der Waals surface area contributed by atoms with Gasteiger partial charge in [-0.25, -0.2) is 0 Å². The Morgan fingerprint density at radius 3 is 2.58 bits per heavy atom. The van der Waals surface area contributed by atoms with Crippen molar-refractivity contribution >= 4 is 11.6 Å². The molecular weight excluding hydrogens is 252 g/mol. The van der Waals surface area contributed by atoms with Gasteiger partial charge < -0.3 is 0 Å². The van der Waals surface area contributed by atoms with Gasteiger partial charge in [0.15, 0.2) is 0 Å². The zero-order valence-corrected chi connectivity index (χ0v) is 11.8. The predicted molar refractivity (Wildman–Crippen MR) is 80.5 cm³/mol. The quantitative estimate of drug-likeness (QED) is 0.561. The molecule has 0 N–H and O–H groups in total. The molecule has 2 aromatic carbocycles. The summed E-state index contributed by atoms with van der Waals surface area (Å²) in [7, 11) is 0. The van der Waals surface area contributed by atoms with Gasteiger partial charge in [-0.05, 0) is 58.6 Å². The van der Waals surface area contributed by atoms with Crippen molar-refractivity contribution in [3.63, 3.8) is 0 Å². The molecule has 0 nitrogen and oxygen atoms in total. The van der Waals surface area contributed by atoms with E-state index in [2.05, 4.69) is 49.4 Å². The van der Waals surface area contributed by atoms with Crippen molar-refractivity contribution < 1.29 is 0 Å². The van der Waals surface area contributed by atoms with Crippen LogP contribution in [0.25, 0.3) is 11.1 Å². The van der Waals surface area contributed by atoms with Crippen LogP contribution in [0.3, 0.4) is 0 Å². The summed E-state index contributed by atoms with van der Waals surface area (Å²) >= 11 is 6.63. The molecule has 0 amide bonds. The third-order valence-electron chi connectivity index (χ3n) is 4.69. The molecule has 19 heavy (non-hydrogen) atoms. The summed E-state index contributed by atoms with van der Waals surface area (Å²) in [4.78, 5) is 0. The van der Waals surface area contributed by atoms with E-state index in [1.807, 2.05) is 0 Å². The maximum absolute atomic E-state index is 6.63. The van der Waals surface area contributed by atoms with Gasteiger partial charge in [0.1, 0.15) is 0 Å². The first-order valence-electron chi connectivity index (χ1n) is 7.09. The van der Waals surface area contributed by atoms with Gasteiger partial charge in [0.05, 0.1) is 5.38 Å². The van der Waals surface area contributed by atoms with Gasteiger partial charge >= 0.3 is 0 Å². The zero-order chi connectivity index (χ0) is 13.0. The molecule has 0 aromatic heterocycles. The van der Waals surface area contributed by atoms with E-state index in [0.717, 1.165) is 12.3 Å². The molecule has 3 unspecified atom stereocenters. The Labute approximate surface area is 119 Å². The summed E-state index contributed by atoms with van der Waals surface area (Å²) in [6.45, 7) is 2.29. The minimum absolute atomic E-state index is 0.188. The molecule has 96 valence electrons. The molecule has 1 saturated carbocycles. The Bertz CT molecular complexity index is 644. The molecule has 0 heterocycles. The van der Waals surface area contributed by atoms with Crippen LogP contribution in [0.15, 0.2) is 42.5 Å². The van der Waals surface area contributed by atoms with Gasteiger partial charge in [-0.1, -0.05) is 43.3 Å². The van der Waals surface area contributed by atoms with Crippen molar-refractivity contribution in [3.8, 4) is 11.1 Å². The Morgan fingerprint density at radius 2 is 1.79 bits per heavy atom. The van der Waals surface area contributed by atoms with Gasteiger partial charge in [0, 0.05) is 0 Å². The molecule has 0 radical (unpaired) electrons. The number of halogens is 1. The highest BCUT2D eigenvalue weighted by atomic mass is 35.5. The predicted octanol–water partition coefficient (Wildman–Crippen LogP) is 5.19. The summed E-state index contributed by atoms with van der Waals surface area (Å²) < 4.78 is 0. The van der Waals surface area contributed by atoms with E-state index in [9.17, 15) is 0 Å². The van der Waals surface area contributed by atoms with Gasteiger partial charge in [0.2, 0.25) is 0 Å². The lowest BCUT2D eigenvalue weighted by atomic mass is 9.99. The number of benzene rings is 2. The van der Waals surface area contributed by atoms with Gasteiger partial charge in [-0.3, -0.25) is 0 Å². The molecule has 2 aromatic rings. The summed E-state index contributed by atoms with van der Waals surface area (Å²) in [5.74, 6) is 1.47. The Balaban J connectivity index is 1.75. The highest BCUT2D eigenvalue weighted by molar-refractivity contribution is 6.21. The third-order valence-corrected chi connectivity index (χ3v) is 5.26. The van der Waals surface area contributed by atoms with E-state index in [1.165, 1.54) is 34.2 Å². The lowest BCUT2D eigenvalue weighted by Gasteiger charge is -2.11. The van der Waals surface area contributed by atoms with Crippen molar-refractivity contribution in [2.75, 3.05) is 0 Å². The molecule has 1 fully saturated rings. The SMILES string of the molecule is CC1CC1C(Cl)c1ccc2c(c1)-c1ccccc1C2. The molecule has 0 saturated heterocycles. The van der Waals surface area contributed by atoms with Crippen molar-refractivity contribution in [3.05, 3.63) is 59.2 Å². The molecule has 0 bridgehead atoms. The molecule has 1 heteroatoms. The lowest BCUT2D eigenvalue weighted by Crippen LogP contribution is -1.95. The van der Waals surface area contributed by atoms with E-state index >= 15 is 0 Å². The normalized spacial score (nSPS) is 24.7. The van der Waals surface area contributed by atoms with Crippen LogP contribution in [-0.2, 0) is 6.42 Å². The highest BCUT2D eigenvalue weighted by Gasteiger charge is 2.39. The first-order valence-corrected chi connectivity index (χ1v) is 7.53. The Kier molecular flexibility index (Phi) is 2.50. The van der Waals surface area contributed by atoms with Gasteiger partial charge in [0.25, 0.3) is 0 Å². The van der Waals surface area contributed by atoms with Gasteiger partial charge in [-0.15, -0.1) is 11.6 Å². The van der Waals surface area contributed by atoms with E-state index in [4.69, 9.17) is 11.6 Å². The lowest BCUT2D eigenvalue weighted by molar-refractivity contribution is 0.722. The topological polar surface area (TPSA) is 0 Å². The number of hydrogen-bond acceptors (Lipinski definition) is 0. The summed E-state index contributed by atoms with van der Waals surface area (Å²) in [5.41, 5.74) is 6.98. The van der Waals surface area contributed by atoms with Crippen molar-refractivity contribution in [2.45, 2.75) is 25.1 Å². The first-order chi connectivity index (χ1) is 9.24. The van der Waals surface area contributed by atoms with E-state index in [1.54, 1.807) is 0 Å². The van der Waals surface area contributed by atoms with Crippen molar-refractivity contribution in [1.82, 2.24) is 0 Å². The number of fused-ring (bicyclic) bond motifs is 3. The first kappa shape index (κ1) is 11.5. The van der Waals surface area contributed by atoms with E-state index in [-0.39, 0.29) is 5.38 Å². The fraction of sp³-hybridized carbons (Fsp3) is 0.333. The minimum Gasteiger partial charge on any atom is -0.118 e. The van der Waals surface area contributed by atoms with Crippen LogP contribution in [0, 0.1) is 11.8 Å². The zero-order valence-electron chi connectivity index (χ0n) is 11.1. The molecule has 2 aliphatic carbocycles. The minimum atomic E-state index is 0.188. The second kappa shape index (κ2) is 4.11. The van der Waals surface area contributed by atoms with Crippen LogP contribution in [0.2, 0.25) is 0 Å². The third kappa shape index (κ3) is 1.81. The van der Waals surface area contributed by atoms with Crippen LogP contribution < -0.4 is 0 Å². The van der Waals surface area contributed by atoms with E-state index in [0.29, 0.717) is 5.92 Å². The number of rotatable bonds is 2. The molecule has 0 spiro atoms. The van der Waals surface area contributed by atoms with Crippen LogP contribution in [0.4, 0.5) is 0 Å². The molecular formula is C18H17Cl. The van der Waals surface area contributed by atoms with Crippen LogP contribution in [0.5, 0.6) is 0 Å². The van der Waals surface area contributed by atoms with E-state index < -0.39 is 0 Å². The average Bonchev–Trinajstić information content (AvgIpc) is 3.05. The molecule has 0 aliphatic heterocycles. The number of alkyl halides is 1. The number of hydrogen-bond donors (Lipinski definition) is 0. The smallest absolute Gasteiger partial charge is 0.0616 e. The monoisotopic (exact) mass is 268 g/mol.